The van der Waals surface area contributed by atoms with E-state index in [1.165, 1.54) is 57.8 Å². The average molecular weight is 296 g/mol. The summed E-state index contributed by atoms with van der Waals surface area (Å²) in [5.41, 5.74) is 3.17. The Morgan fingerprint density at radius 2 is 1.90 bits per heavy atom. The van der Waals surface area contributed by atoms with Crippen molar-refractivity contribution in [3.63, 3.8) is 0 Å². The molecule has 2 rings (SSSR count). The van der Waals surface area contributed by atoms with Crippen LogP contribution in [0.15, 0.2) is 0 Å². The van der Waals surface area contributed by atoms with E-state index in [9.17, 15) is 0 Å². The summed E-state index contributed by atoms with van der Waals surface area (Å²) in [4.78, 5) is 0. The molecule has 3 unspecified atom stereocenters. The third-order valence-corrected chi connectivity index (χ3v) is 6.11. The monoisotopic (exact) mass is 296 g/mol. The molecule has 0 aromatic heterocycles. The van der Waals surface area contributed by atoms with Crippen molar-refractivity contribution in [2.45, 2.75) is 90.2 Å². The van der Waals surface area contributed by atoms with Crippen molar-refractivity contribution in [3.8, 4) is 0 Å². The van der Waals surface area contributed by atoms with Gasteiger partial charge in [0.25, 0.3) is 0 Å². The molecular formula is C18H36N2O. The topological polar surface area (TPSA) is 47.3 Å². The van der Waals surface area contributed by atoms with Gasteiger partial charge in [0.05, 0.1) is 11.6 Å². The van der Waals surface area contributed by atoms with Crippen LogP contribution in [0.5, 0.6) is 0 Å². The molecule has 2 fully saturated rings. The lowest BCUT2D eigenvalue weighted by Crippen LogP contribution is -2.60. The second kappa shape index (κ2) is 7.94. The summed E-state index contributed by atoms with van der Waals surface area (Å²) in [6, 6.07) is 0.331. The molecule has 0 heterocycles. The summed E-state index contributed by atoms with van der Waals surface area (Å²) >= 11 is 0. The van der Waals surface area contributed by atoms with Crippen LogP contribution in [0.2, 0.25) is 0 Å². The fourth-order valence-corrected chi connectivity index (χ4v) is 4.98. The predicted molar refractivity (Wildman–Crippen MR) is 88.8 cm³/mol. The number of hydrogen-bond acceptors (Lipinski definition) is 3. The number of hydrogen-bond donors (Lipinski definition) is 2. The molecule has 0 aromatic carbocycles. The first kappa shape index (κ1) is 17.2. The van der Waals surface area contributed by atoms with Crippen molar-refractivity contribution in [2.24, 2.45) is 23.6 Å². The molecule has 0 bridgehead atoms. The van der Waals surface area contributed by atoms with Crippen LogP contribution in [0.25, 0.3) is 0 Å². The first-order chi connectivity index (χ1) is 10.1. The molecule has 3 atom stereocenters. The van der Waals surface area contributed by atoms with Gasteiger partial charge in [-0.2, -0.15) is 0 Å². The highest BCUT2D eigenvalue weighted by atomic mass is 16.5. The minimum absolute atomic E-state index is 0.0229. The predicted octanol–water partition coefficient (Wildman–Crippen LogP) is 4.02. The third-order valence-electron chi connectivity index (χ3n) is 6.11. The molecule has 0 spiro atoms. The molecule has 0 amide bonds. The van der Waals surface area contributed by atoms with Crippen molar-refractivity contribution in [2.75, 3.05) is 6.61 Å². The fourth-order valence-electron chi connectivity index (χ4n) is 4.98. The minimum Gasteiger partial charge on any atom is -0.374 e. The first-order valence-corrected chi connectivity index (χ1v) is 9.25. The SMILES string of the molecule is CCOC1(C(NN)C2CCC(CC)CC2)CCCC(C)C1. The van der Waals surface area contributed by atoms with Gasteiger partial charge in [-0.3, -0.25) is 11.3 Å². The number of nitrogens with two attached hydrogens (primary N) is 1. The van der Waals surface area contributed by atoms with Gasteiger partial charge in [0.2, 0.25) is 0 Å². The van der Waals surface area contributed by atoms with Crippen LogP contribution in [0, 0.1) is 17.8 Å². The maximum atomic E-state index is 6.36. The molecular weight excluding hydrogens is 260 g/mol. The van der Waals surface area contributed by atoms with Crippen molar-refractivity contribution >= 4 is 0 Å². The van der Waals surface area contributed by atoms with Crippen LogP contribution >= 0.6 is 0 Å². The van der Waals surface area contributed by atoms with Crippen LogP contribution in [-0.4, -0.2) is 18.2 Å². The van der Waals surface area contributed by atoms with Crippen molar-refractivity contribution in [1.29, 1.82) is 0 Å². The smallest absolute Gasteiger partial charge is 0.0853 e. The maximum absolute atomic E-state index is 6.36. The second-order valence-electron chi connectivity index (χ2n) is 7.53. The lowest BCUT2D eigenvalue weighted by Gasteiger charge is -2.49. The van der Waals surface area contributed by atoms with Crippen LogP contribution in [0.4, 0.5) is 0 Å². The second-order valence-corrected chi connectivity index (χ2v) is 7.53. The van der Waals surface area contributed by atoms with E-state index in [-0.39, 0.29) is 5.60 Å². The zero-order valence-corrected chi connectivity index (χ0v) is 14.4. The standard InChI is InChI=1S/C18H36N2O/c1-4-15-8-10-16(11-9-15)17(20-19)18(21-5-2)12-6-7-14(3)13-18/h14-17,20H,4-13,19H2,1-3H3. The summed E-state index contributed by atoms with van der Waals surface area (Å²) < 4.78 is 6.36. The number of nitrogens with one attached hydrogen (secondary N) is 1. The average Bonchev–Trinajstić information content (AvgIpc) is 2.49. The molecule has 124 valence electrons. The van der Waals surface area contributed by atoms with Crippen LogP contribution < -0.4 is 11.3 Å². The van der Waals surface area contributed by atoms with Gasteiger partial charge in [-0.05, 0) is 50.4 Å². The van der Waals surface area contributed by atoms with Gasteiger partial charge in [-0.15, -0.1) is 0 Å². The molecule has 2 aliphatic rings. The minimum atomic E-state index is -0.0229. The van der Waals surface area contributed by atoms with Crippen LogP contribution in [0.1, 0.15) is 78.6 Å². The third kappa shape index (κ3) is 4.00. The lowest BCUT2D eigenvalue weighted by molar-refractivity contribution is -0.116. The fraction of sp³-hybridized carbons (Fsp3) is 1.00. The lowest BCUT2D eigenvalue weighted by atomic mass is 9.67. The Morgan fingerprint density at radius 1 is 1.19 bits per heavy atom. The van der Waals surface area contributed by atoms with Gasteiger partial charge in [-0.25, -0.2) is 0 Å². The van der Waals surface area contributed by atoms with E-state index in [1.807, 2.05) is 0 Å². The summed E-state index contributed by atoms with van der Waals surface area (Å²) in [5.74, 6) is 8.42. The molecule has 2 saturated carbocycles. The summed E-state index contributed by atoms with van der Waals surface area (Å²) in [5, 5.41) is 0. The molecule has 0 aromatic rings. The van der Waals surface area contributed by atoms with Crippen LogP contribution in [0.3, 0.4) is 0 Å². The molecule has 0 aliphatic heterocycles. The first-order valence-electron chi connectivity index (χ1n) is 9.25. The Labute approximate surface area is 131 Å². The Kier molecular flexibility index (Phi) is 6.51. The molecule has 3 heteroatoms. The molecule has 0 radical (unpaired) electrons. The Morgan fingerprint density at radius 3 is 2.43 bits per heavy atom. The van der Waals surface area contributed by atoms with E-state index in [4.69, 9.17) is 10.6 Å². The van der Waals surface area contributed by atoms with Crippen molar-refractivity contribution in [3.05, 3.63) is 0 Å². The number of rotatable bonds is 6. The maximum Gasteiger partial charge on any atom is 0.0853 e. The normalized spacial score (nSPS) is 39.1. The van der Waals surface area contributed by atoms with Crippen molar-refractivity contribution in [1.82, 2.24) is 5.43 Å². The number of ether oxygens (including phenoxy) is 1. The van der Waals surface area contributed by atoms with Gasteiger partial charge in [0, 0.05) is 6.61 Å². The van der Waals surface area contributed by atoms with E-state index in [0.717, 1.165) is 18.4 Å². The summed E-state index contributed by atoms with van der Waals surface area (Å²) in [6.45, 7) is 7.63. The zero-order valence-electron chi connectivity index (χ0n) is 14.4. The van der Waals surface area contributed by atoms with Crippen molar-refractivity contribution < 1.29 is 4.74 Å². The summed E-state index contributed by atoms with van der Waals surface area (Å²) in [7, 11) is 0. The Bertz CT molecular complexity index is 298. The molecule has 3 N–H and O–H groups in total. The van der Waals surface area contributed by atoms with Gasteiger partial charge < -0.3 is 4.74 Å². The van der Waals surface area contributed by atoms with E-state index in [2.05, 4.69) is 26.2 Å². The van der Waals surface area contributed by atoms with Gasteiger partial charge >= 0.3 is 0 Å². The quantitative estimate of drug-likeness (QED) is 0.575. The van der Waals surface area contributed by atoms with E-state index in [0.29, 0.717) is 12.0 Å². The highest BCUT2D eigenvalue weighted by Gasteiger charge is 2.46. The molecule has 21 heavy (non-hydrogen) atoms. The van der Waals surface area contributed by atoms with Crippen LogP contribution in [-0.2, 0) is 4.74 Å². The highest BCUT2D eigenvalue weighted by Crippen LogP contribution is 2.43. The van der Waals surface area contributed by atoms with E-state index < -0.39 is 0 Å². The zero-order chi connectivity index (χ0) is 15.3. The largest absolute Gasteiger partial charge is 0.374 e. The number of hydrazine groups is 1. The molecule has 0 saturated heterocycles. The van der Waals surface area contributed by atoms with Gasteiger partial charge in [-0.1, -0.05) is 46.0 Å². The highest BCUT2D eigenvalue weighted by molar-refractivity contribution is 5.00. The summed E-state index contributed by atoms with van der Waals surface area (Å²) in [6.07, 6.45) is 11.7. The van der Waals surface area contributed by atoms with E-state index >= 15 is 0 Å². The molecule has 3 nitrogen and oxygen atoms in total. The molecule has 2 aliphatic carbocycles. The van der Waals surface area contributed by atoms with Gasteiger partial charge in [0.15, 0.2) is 0 Å². The Balaban J connectivity index is 2.08. The van der Waals surface area contributed by atoms with Gasteiger partial charge in [0.1, 0.15) is 0 Å². The van der Waals surface area contributed by atoms with E-state index in [1.54, 1.807) is 0 Å². The Hall–Kier alpha value is -0.120.